The Morgan fingerprint density at radius 3 is 1.39 bits per heavy atom. The lowest BCUT2D eigenvalue weighted by atomic mass is 9.80. The summed E-state index contributed by atoms with van der Waals surface area (Å²) in [4.78, 5) is 48.2. The quantitative estimate of drug-likeness (QED) is 0.231. The van der Waals surface area contributed by atoms with Crippen molar-refractivity contribution in [2.24, 2.45) is 0 Å². The summed E-state index contributed by atoms with van der Waals surface area (Å²) in [6, 6.07) is 19.5. The maximum Gasteiger partial charge on any atom is 0.336 e. The molecule has 2 aliphatic heterocycles. The van der Waals surface area contributed by atoms with Gasteiger partial charge in [0.05, 0.1) is 11.1 Å². The predicted molar refractivity (Wildman–Crippen MR) is 151 cm³/mol. The Kier molecular flexibility index (Phi) is 6.41. The number of rotatable bonds is 7. The molecular weight excluding hydrogens is 528 g/mol. The van der Waals surface area contributed by atoms with Crippen LogP contribution in [0.25, 0.3) is 11.1 Å². The second-order valence-corrected chi connectivity index (χ2v) is 10.4. The Balaban J connectivity index is 1.69. The minimum absolute atomic E-state index is 0.156. The van der Waals surface area contributed by atoms with Crippen molar-refractivity contribution >= 4 is 46.4 Å². The van der Waals surface area contributed by atoms with Gasteiger partial charge in [0, 0.05) is 28.4 Å². The van der Waals surface area contributed by atoms with Crippen LogP contribution in [0.1, 0.15) is 47.6 Å². The Morgan fingerprint density at radius 1 is 0.610 bits per heavy atom. The maximum absolute atomic E-state index is 12.2. The van der Waals surface area contributed by atoms with E-state index in [0.717, 1.165) is 5.56 Å². The van der Waals surface area contributed by atoms with Gasteiger partial charge in [0.2, 0.25) is 0 Å². The Morgan fingerprint density at radius 2 is 1.02 bits per heavy atom. The fourth-order valence-electron chi connectivity index (χ4n) is 5.32. The molecule has 208 valence electrons. The molecule has 0 saturated heterocycles. The SMILES string of the molecule is CC1(C(=O)O)C=C(C(=O)O)c2cc(C(c3ccccc3)c3ccc4c(c3)C(C(=O)O)=CC(C)(C(=O)O)N4)ccc2N1. The van der Waals surface area contributed by atoms with Crippen LogP contribution in [0.3, 0.4) is 0 Å². The highest BCUT2D eigenvalue weighted by Gasteiger charge is 2.39. The van der Waals surface area contributed by atoms with E-state index in [1.54, 1.807) is 36.4 Å². The third kappa shape index (κ3) is 4.69. The summed E-state index contributed by atoms with van der Waals surface area (Å²) < 4.78 is 0. The van der Waals surface area contributed by atoms with Gasteiger partial charge < -0.3 is 31.1 Å². The van der Waals surface area contributed by atoms with E-state index < -0.39 is 40.9 Å². The molecule has 0 amide bonds. The van der Waals surface area contributed by atoms with Gasteiger partial charge in [0.15, 0.2) is 11.1 Å². The highest BCUT2D eigenvalue weighted by Crippen LogP contribution is 2.42. The lowest BCUT2D eigenvalue weighted by molar-refractivity contribution is -0.141. The predicted octanol–water partition coefficient (Wildman–Crippen LogP) is 4.34. The van der Waals surface area contributed by atoms with Crippen LogP contribution in [0, 0.1) is 0 Å². The minimum atomic E-state index is -1.61. The third-order valence-corrected chi connectivity index (χ3v) is 7.47. The van der Waals surface area contributed by atoms with Crippen LogP contribution in [0.15, 0.2) is 78.9 Å². The van der Waals surface area contributed by atoms with Gasteiger partial charge in [0.25, 0.3) is 0 Å². The van der Waals surface area contributed by atoms with E-state index in [-0.39, 0.29) is 11.1 Å². The van der Waals surface area contributed by atoms with E-state index >= 15 is 0 Å². The topological polar surface area (TPSA) is 173 Å². The van der Waals surface area contributed by atoms with E-state index in [1.807, 2.05) is 30.3 Å². The van der Waals surface area contributed by atoms with Crippen LogP contribution < -0.4 is 10.6 Å². The van der Waals surface area contributed by atoms with E-state index in [4.69, 9.17) is 0 Å². The van der Waals surface area contributed by atoms with Crippen LogP contribution in [0.4, 0.5) is 11.4 Å². The Bertz CT molecular complexity index is 1590. The molecule has 0 spiro atoms. The van der Waals surface area contributed by atoms with Crippen LogP contribution in [0.2, 0.25) is 0 Å². The number of hydrogen-bond donors (Lipinski definition) is 6. The molecule has 2 aliphatic rings. The van der Waals surface area contributed by atoms with Crippen molar-refractivity contribution in [1.82, 2.24) is 0 Å². The number of anilines is 2. The molecule has 3 aromatic rings. The number of carbonyl (C=O) groups is 4. The summed E-state index contributed by atoms with van der Waals surface area (Å²) in [6.45, 7) is 2.76. The first-order chi connectivity index (χ1) is 19.3. The van der Waals surface area contributed by atoms with Crippen LogP contribution >= 0.6 is 0 Å². The number of benzene rings is 3. The summed E-state index contributed by atoms with van der Waals surface area (Å²) >= 11 is 0. The van der Waals surface area contributed by atoms with Gasteiger partial charge in [-0.25, -0.2) is 19.2 Å². The third-order valence-electron chi connectivity index (χ3n) is 7.47. The molecule has 0 fully saturated rings. The smallest absolute Gasteiger partial charge is 0.336 e. The zero-order chi connectivity index (χ0) is 29.7. The molecule has 6 N–H and O–H groups in total. The van der Waals surface area contributed by atoms with E-state index in [2.05, 4.69) is 10.6 Å². The van der Waals surface area contributed by atoms with Gasteiger partial charge in [-0.15, -0.1) is 0 Å². The second kappa shape index (κ2) is 9.67. The van der Waals surface area contributed by atoms with Gasteiger partial charge in [-0.05, 0) is 67.0 Å². The highest BCUT2D eigenvalue weighted by atomic mass is 16.4. The lowest BCUT2D eigenvalue weighted by Crippen LogP contribution is -2.44. The first kappa shape index (κ1) is 27.2. The average molecular weight is 555 g/mol. The average Bonchev–Trinajstić information content (AvgIpc) is 2.93. The zero-order valence-electron chi connectivity index (χ0n) is 22.0. The van der Waals surface area contributed by atoms with Crippen molar-refractivity contribution in [3.8, 4) is 0 Å². The molecular formula is C31H26N2O8. The molecule has 41 heavy (non-hydrogen) atoms. The number of aliphatic carboxylic acids is 4. The van der Waals surface area contributed by atoms with E-state index in [0.29, 0.717) is 33.6 Å². The summed E-state index contributed by atoms with van der Waals surface area (Å²) in [6.07, 6.45) is 2.35. The van der Waals surface area contributed by atoms with Crippen LogP contribution in [-0.4, -0.2) is 55.4 Å². The highest BCUT2D eigenvalue weighted by molar-refractivity contribution is 6.20. The molecule has 10 nitrogen and oxygen atoms in total. The van der Waals surface area contributed by atoms with Crippen molar-refractivity contribution in [3.63, 3.8) is 0 Å². The fraction of sp³-hybridized carbons (Fsp3) is 0.161. The largest absolute Gasteiger partial charge is 0.479 e. The molecule has 3 aromatic carbocycles. The summed E-state index contributed by atoms with van der Waals surface area (Å²) in [5, 5.41) is 45.1. The molecule has 0 aromatic heterocycles. The van der Waals surface area contributed by atoms with Crippen LogP contribution in [0.5, 0.6) is 0 Å². The van der Waals surface area contributed by atoms with E-state index in [9.17, 15) is 39.6 Å². The molecule has 2 unspecified atom stereocenters. The zero-order valence-corrected chi connectivity index (χ0v) is 22.0. The van der Waals surface area contributed by atoms with Crippen molar-refractivity contribution in [2.45, 2.75) is 30.8 Å². The molecule has 0 aliphatic carbocycles. The van der Waals surface area contributed by atoms with Gasteiger partial charge >= 0.3 is 23.9 Å². The van der Waals surface area contributed by atoms with Crippen molar-refractivity contribution in [2.75, 3.05) is 10.6 Å². The molecule has 0 bridgehead atoms. The molecule has 0 radical (unpaired) electrons. The van der Waals surface area contributed by atoms with Crippen molar-refractivity contribution in [3.05, 3.63) is 107 Å². The number of hydrogen-bond acceptors (Lipinski definition) is 6. The molecule has 10 heteroatoms. The van der Waals surface area contributed by atoms with Crippen molar-refractivity contribution in [1.29, 1.82) is 0 Å². The standard InChI is InChI=1S/C31H26N2O8/c1-30(28(38)39)14-21(26(34)35)19-12-17(8-10-23(19)32-30)25(16-6-4-3-5-7-16)18-9-11-24-20(13-18)22(27(36)37)15-31(2,33-24)29(40)41/h3-15,25,32-33H,1-2H3,(H,34,35)(H,36,37)(H,38,39)(H,40,41). The second-order valence-electron chi connectivity index (χ2n) is 10.4. The molecule has 2 heterocycles. The minimum Gasteiger partial charge on any atom is -0.479 e. The summed E-state index contributed by atoms with van der Waals surface area (Å²) in [5.74, 6) is -5.47. The van der Waals surface area contributed by atoms with Crippen molar-refractivity contribution < 1.29 is 39.6 Å². The Hall–Kier alpha value is -5.38. The normalized spacial score (nSPS) is 21.5. The maximum atomic E-state index is 12.2. The number of carboxylic acids is 4. The summed E-state index contributed by atoms with van der Waals surface area (Å²) in [5.41, 5.74) is 0.000930. The molecule has 2 atom stereocenters. The number of nitrogens with one attached hydrogen (secondary N) is 2. The lowest BCUT2D eigenvalue weighted by Gasteiger charge is -2.32. The van der Waals surface area contributed by atoms with Gasteiger partial charge in [-0.1, -0.05) is 42.5 Å². The first-order valence-electron chi connectivity index (χ1n) is 12.6. The van der Waals surface area contributed by atoms with Gasteiger partial charge in [-0.3, -0.25) is 0 Å². The molecule has 5 rings (SSSR count). The summed E-state index contributed by atoms with van der Waals surface area (Å²) in [7, 11) is 0. The number of fused-ring (bicyclic) bond motifs is 2. The van der Waals surface area contributed by atoms with E-state index in [1.165, 1.54) is 26.0 Å². The molecule has 0 saturated carbocycles. The van der Waals surface area contributed by atoms with Gasteiger partial charge in [-0.2, -0.15) is 0 Å². The fourth-order valence-corrected chi connectivity index (χ4v) is 5.32. The Labute approximate surface area is 234 Å². The monoisotopic (exact) mass is 554 g/mol. The first-order valence-corrected chi connectivity index (χ1v) is 12.6. The van der Waals surface area contributed by atoms with Gasteiger partial charge in [0.1, 0.15) is 0 Å². The van der Waals surface area contributed by atoms with Crippen LogP contribution in [-0.2, 0) is 19.2 Å². The number of carboxylic acid groups (broad SMARTS) is 4.